The molecule has 4 rings (SSSR count). The van der Waals surface area contributed by atoms with Gasteiger partial charge in [0.1, 0.15) is 0 Å². The molecule has 8 nitrogen and oxygen atoms in total. The second-order valence-electron chi connectivity index (χ2n) is 8.73. The van der Waals surface area contributed by atoms with Crippen LogP contribution < -0.4 is 0 Å². The van der Waals surface area contributed by atoms with Crippen molar-refractivity contribution in [3.05, 3.63) is 69.7 Å². The van der Waals surface area contributed by atoms with Crippen LogP contribution in [0.15, 0.2) is 47.2 Å². The fourth-order valence-corrected chi connectivity index (χ4v) is 4.85. The molecule has 1 aromatic carbocycles. The molecule has 2 aliphatic heterocycles. The highest BCUT2D eigenvalue weighted by molar-refractivity contribution is 6.16. The Bertz CT molecular complexity index is 1250. The summed E-state index contributed by atoms with van der Waals surface area (Å²) in [7, 11) is 2.66. The van der Waals surface area contributed by atoms with E-state index in [1.165, 1.54) is 14.2 Å². The number of carbonyl (C=O) groups excluding carboxylic acids is 3. The molecule has 35 heavy (non-hydrogen) atoms. The standard InChI is InChI=1S/C27H30N2O6/c1-16-13-19(17(2)29(16)23-11-7-6-10-21(23)26(31)33-4)14-22-24(27(32)34-5)18(3)28(25(22)30)15-20-9-8-12-35-20/h6-7,10-11,13-14,20H,8-9,12,15H2,1-5H3/b22-14-. The van der Waals surface area contributed by atoms with Crippen molar-refractivity contribution in [3.8, 4) is 5.69 Å². The van der Waals surface area contributed by atoms with E-state index in [0.29, 0.717) is 30.1 Å². The number of allylic oxidation sites excluding steroid dienone is 1. The van der Waals surface area contributed by atoms with E-state index in [2.05, 4.69) is 0 Å². The average Bonchev–Trinajstić information content (AvgIpc) is 3.53. The number of aryl methyl sites for hydroxylation is 1. The Morgan fingerprint density at radius 1 is 1.11 bits per heavy atom. The SMILES string of the molecule is COC(=O)C1=C(C)N(CC2CCCO2)C(=O)/C1=C\c1cc(C)n(-c2ccccc2C(=O)OC)c1C. The first-order valence-electron chi connectivity index (χ1n) is 11.6. The number of hydrogen-bond donors (Lipinski definition) is 0. The van der Waals surface area contributed by atoms with Gasteiger partial charge >= 0.3 is 11.9 Å². The average molecular weight is 479 g/mol. The maximum Gasteiger partial charge on any atom is 0.340 e. The molecule has 0 saturated carbocycles. The van der Waals surface area contributed by atoms with Gasteiger partial charge in [0, 0.05) is 23.7 Å². The first-order chi connectivity index (χ1) is 16.8. The third-order valence-electron chi connectivity index (χ3n) is 6.63. The molecule has 0 bridgehead atoms. The van der Waals surface area contributed by atoms with Crippen molar-refractivity contribution in [2.75, 3.05) is 27.4 Å². The van der Waals surface area contributed by atoms with Crippen molar-refractivity contribution < 1.29 is 28.6 Å². The highest BCUT2D eigenvalue weighted by Crippen LogP contribution is 2.34. The minimum Gasteiger partial charge on any atom is -0.465 e. The Kier molecular flexibility index (Phi) is 6.93. The predicted octanol–water partition coefficient (Wildman–Crippen LogP) is 3.73. The molecule has 0 aliphatic carbocycles. The lowest BCUT2D eigenvalue weighted by Crippen LogP contribution is -2.33. The minimum atomic E-state index is -0.554. The summed E-state index contributed by atoms with van der Waals surface area (Å²) in [5, 5.41) is 0. The quantitative estimate of drug-likeness (QED) is 0.465. The highest BCUT2D eigenvalue weighted by Gasteiger charge is 2.38. The number of nitrogens with zero attached hydrogens (tertiary/aromatic N) is 2. The molecule has 1 amide bonds. The van der Waals surface area contributed by atoms with Crippen LogP contribution in [-0.2, 0) is 23.8 Å². The number of carbonyl (C=O) groups is 3. The van der Waals surface area contributed by atoms with E-state index in [-0.39, 0.29) is 23.2 Å². The predicted molar refractivity (Wildman–Crippen MR) is 130 cm³/mol. The van der Waals surface area contributed by atoms with E-state index in [0.717, 1.165) is 29.8 Å². The lowest BCUT2D eigenvalue weighted by Gasteiger charge is -2.21. The van der Waals surface area contributed by atoms with E-state index < -0.39 is 11.9 Å². The van der Waals surface area contributed by atoms with Crippen LogP contribution in [0.1, 0.15) is 47.1 Å². The molecule has 1 saturated heterocycles. The number of esters is 2. The van der Waals surface area contributed by atoms with Crippen LogP contribution in [-0.4, -0.2) is 60.8 Å². The zero-order chi connectivity index (χ0) is 25.3. The van der Waals surface area contributed by atoms with Gasteiger partial charge in [0.2, 0.25) is 0 Å². The van der Waals surface area contributed by atoms with Gasteiger partial charge in [0.25, 0.3) is 5.91 Å². The minimum absolute atomic E-state index is 0.0490. The van der Waals surface area contributed by atoms with E-state index >= 15 is 0 Å². The van der Waals surface area contributed by atoms with Gasteiger partial charge in [-0.1, -0.05) is 12.1 Å². The Hall–Kier alpha value is -3.65. The third-order valence-corrected chi connectivity index (χ3v) is 6.63. The van der Waals surface area contributed by atoms with Crippen molar-refractivity contribution in [1.29, 1.82) is 0 Å². The Morgan fingerprint density at radius 2 is 1.83 bits per heavy atom. The topological polar surface area (TPSA) is 87.1 Å². The fourth-order valence-electron chi connectivity index (χ4n) is 4.85. The van der Waals surface area contributed by atoms with Crippen molar-refractivity contribution >= 4 is 23.9 Å². The number of rotatable bonds is 6. The van der Waals surface area contributed by atoms with Gasteiger partial charge in [-0.05, 0) is 63.5 Å². The number of benzene rings is 1. The molecule has 0 N–H and O–H groups in total. The summed E-state index contributed by atoms with van der Waals surface area (Å²) in [6.07, 6.45) is 3.52. The second kappa shape index (κ2) is 9.92. The summed E-state index contributed by atoms with van der Waals surface area (Å²) in [6, 6.07) is 9.11. The fraction of sp³-hybridized carbons (Fsp3) is 0.370. The summed E-state index contributed by atoms with van der Waals surface area (Å²) < 4.78 is 17.6. The Labute approximate surface area is 204 Å². The molecule has 8 heteroatoms. The monoisotopic (exact) mass is 478 g/mol. The van der Waals surface area contributed by atoms with Gasteiger partial charge in [0.15, 0.2) is 0 Å². The molecule has 1 unspecified atom stereocenters. The maximum atomic E-state index is 13.5. The third kappa shape index (κ3) is 4.41. The maximum absolute atomic E-state index is 13.5. The number of para-hydroxylation sites is 1. The molecule has 1 fully saturated rings. The zero-order valence-electron chi connectivity index (χ0n) is 20.7. The summed E-state index contributed by atoms with van der Waals surface area (Å²) in [5.74, 6) is -1.24. The molecular formula is C27H30N2O6. The molecular weight excluding hydrogens is 448 g/mol. The van der Waals surface area contributed by atoms with Crippen LogP contribution in [0.25, 0.3) is 11.8 Å². The lowest BCUT2D eigenvalue weighted by atomic mass is 10.0. The van der Waals surface area contributed by atoms with E-state index in [1.54, 1.807) is 30.0 Å². The number of aromatic nitrogens is 1. The van der Waals surface area contributed by atoms with E-state index in [9.17, 15) is 14.4 Å². The first-order valence-corrected chi connectivity index (χ1v) is 11.6. The number of ether oxygens (including phenoxy) is 3. The normalized spacial score (nSPS) is 19.1. The van der Waals surface area contributed by atoms with Gasteiger partial charge in [-0.3, -0.25) is 4.79 Å². The molecule has 2 aliphatic rings. The van der Waals surface area contributed by atoms with Gasteiger partial charge in [0.05, 0.1) is 49.3 Å². The van der Waals surface area contributed by atoms with Crippen molar-refractivity contribution in [2.24, 2.45) is 0 Å². The number of hydrogen-bond acceptors (Lipinski definition) is 6. The molecule has 1 aromatic heterocycles. The molecule has 0 spiro atoms. The molecule has 2 aromatic rings. The second-order valence-corrected chi connectivity index (χ2v) is 8.73. The van der Waals surface area contributed by atoms with Crippen molar-refractivity contribution in [1.82, 2.24) is 9.47 Å². The van der Waals surface area contributed by atoms with Crippen LogP contribution in [0.4, 0.5) is 0 Å². The number of methoxy groups -OCH3 is 2. The summed E-state index contributed by atoms with van der Waals surface area (Å²) in [4.78, 5) is 40.1. The Balaban J connectivity index is 1.78. The summed E-state index contributed by atoms with van der Waals surface area (Å²) in [6.45, 7) is 6.67. The molecule has 0 radical (unpaired) electrons. The van der Waals surface area contributed by atoms with Crippen LogP contribution in [0.5, 0.6) is 0 Å². The van der Waals surface area contributed by atoms with Crippen molar-refractivity contribution in [3.63, 3.8) is 0 Å². The number of amides is 1. The van der Waals surface area contributed by atoms with Gasteiger partial charge in [-0.2, -0.15) is 0 Å². The molecule has 1 atom stereocenters. The van der Waals surface area contributed by atoms with Crippen molar-refractivity contribution in [2.45, 2.75) is 39.7 Å². The van der Waals surface area contributed by atoms with E-state index in [1.807, 2.05) is 36.6 Å². The summed E-state index contributed by atoms with van der Waals surface area (Å²) >= 11 is 0. The van der Waals surface area contributed by atoms with E-state index in [4.69, 9.17) is 14.2 Å². The van der Waals surface area contributed by atoms with Crippen LogP contribution in [0, 0.1) is 13.8 Å². The smallest absolute Gasteiger partial charge is 0.340 e. The zero-order valence-corrected chi connectivity index (χ0v) is 20.7. The van der Waals surface area contributed by atoms with Gasteiger partial charge in [-0.15, -0.1) is 0 Å². The summed E-state index contributed by atoms with van der Waals surface area (Å²) in [5.41, 5.74) is 4.67. The highest BCUT2D eigenvalue weighted by atomic mass is 16.5. The molecule has 3 heterocycles. The van der Waals surface area contributed by atoms with Gasteiger partial charge < -0.3 is 23.7 Å². The molecule has 184 valence electrons. The van der Waals surface area contributed by atoms with Crippen LogP contribution in [0.3, 0.4) is 0 Å². The first kappa shape index (κ1) is 24.5. The van der Waals surface area contributed by atoms with Crippen LogP contribution in [0.2, 0.25) is 0 Å². The van der Waals surface area contributed by atoms with Crippen LogP contribution >= 0.6 is 0 Å². The van der Waals surface area contributed by atoms with Gasteiger partial charge in [-0.25, -0.2) is 9.59 Å². The Morgan fingerprint density at radius 3 is 2.49 bits per heavy atom. The largest absolute Gasteiger partial charge is 0.465 e. The lowest BCUT2D eigenvalue weighted by molar-refractivity contribution is -0.136.